The molecule has 3 saturated heterocycles. The topological polar surface area (TPSA) is 32.8 Å². The van der Waals surface area contributed by atoms with Crippen LogP contribution in [0.5, 0.6) is 0 Å². The average Bonchev–Trinajstić information content (AvgIpc) is 2.70. The van der Waals surface area contributed by atoms with Gasteiger partial charge >= 0.3 is 6.09 Å². The molecule has 2 aromatic carbocycles. The van der Waals surface area contributed by atoms with Crippen molar-refractivity contribution in [3.05, 3.63) is 65.2 Å². The second-order valence-electron chi connectivity index (χ2n) is 7.69. The van der Waals surface area contributed by atoms with E-state index < -0.39 is 17.7 Å². The largest absolute Gasteiger partial charge is 0.444 e. The number of carbonyl (C=O) groups excluding carboxylic acids is 1. The van der Waals surface area contributed by atoms with Crippen molar-refractivity contribution in [2.24, 2.45) is 5.92 Å². The molecular weight excluding hydrogens is 362 g/mol. The van der Waals surface area contributed by atoms with E-state index >= 15 is 0 Å². The number of piperidine rings is 3. The van der Waals surface area contributed by atoms with E-state index in [-0.39, 0.29) is 18.3 Å². The van der Waals surface area contributed by atoms with Gasteiger partial charge in [-0.25, -0.2) is 13.6 Å². The minimum atomic E-state index is -0.633. The molecule has 3 aliphatic heterocycles. The second kappa shape index (κ2) is 7.87. The predicted molar refractivity (Wildman–Crippen MR) is 103 cm³/mol. The summed E-state index contributed by atoms with van der Waals surface area (Å²) >= 11 is 0. The molecule has 0 aliphatic carbocycles. The lowest BCUT2D eigenvalue weighted by Crippen LogP contribution is -2.53. The molecule has 4 nitrogen and oxygen atoms in total. The Hall–Kier alpha value is -2.47. The molecule has 3 heterocycles. The van der Waals surface area contributed by atoms with Gasteiger partial charge in [0, 0.05) is 12.1 Å². The first-order valence-corrected chi connectivity index (χ1v) is 9.71. The minimum Gasteiger partial charge on any atom is -0.444 e. The predicted octanol–water partition coefficient (Wildman–Crippen LogP) is 4.51. The summed E-state index contributed by atoms with van der Waals surface area (Å²) in [6, 6.07) is 10.8. The number of hydrogen-bond acceptors (Lipinski definition) is 3. The lowest BCUT2D eigenvalue weighted by atomic mass is 9.86. The van der Waals surface area contributed by atoms with Crippen LogP contribution >= 0.6 is 0 Å². The van der Waals surface area contributed by atoms with Gasteiger partial charge < -0.3 is 4.74 Å². The van der Waals surface area contributed by atoms with Crippen LogP contribution in [0.25, 0.3) is 0 Å². The second-order valence-corrected chi connectivity index (χ2v) is 7.69. The number of aryl methyl sites for hydroxylation is 1. The number of hydrogen-bond donors (Lipinski definition) is 0. The SMILES string of the molecule is Cc1ccc(F)c(N(Cc2ccccc2F)C(=O)OC2CN3CCC2CC3)c1. The fourth-order valence-electron chi connectivity index (χ4n) is 4.11. The molecule has 2 bridgehead atoms. The lowest BCUT2D eigenvalue weighted by Gasteiger charge is -2.44. The van der Waals surface area contributed by atoms with E-state index in [4.69, 9.17) is 4.74 Å². The first-order chi connectivity index (χ1) is 13.5. The number of ether oxygens (including phenoxy) is 1. The number of fused-ring (bicyclic) bond motifs is 3. The maximum absolute atomic E-state index is 14.6. The minimum absolute atomic E-state index is 0.0903. The first kappa shape index (κ1) is 18.9. The summed E-state index contributed by atoms with van der Waals surface area (Å²) in [4.78, 5) is 16.6. The number of nitrogens with zero attached hydrogens (tertiary/aromatic N) is 2. The van der Waals surface area contributed by atoms with Gasteiger partial charge in [-0.1, -0.05) is 24.3 Å². The summed E-state index contributed by atoms with van der Waals surface area (Å²) in [6.07, 6.45) is 1.17. The normalized spacial score (nSPS) is 23.5. The molecule has 6 heteroatoms. The zero-order valence-corrected chi connectivity index (χ0v) is 15.9. The van der Waals surface area contributed by atoms with Crippen LogP contribution < -0.4 is 4.90 Å². The fraction of sp³-hybridized carbons (Fsp3) is 0.409. The smallest absolute Gasteiger partial charge is 0.415 e. The maximum Gasteiger partial charge on any atom is 0.415 e. The summed E-state index contributed by atoms with van der Waals surface area (Å²) in [5.74, 6) is -0.629. The highest BCUT2D eigenvalue weighted by molar-refractivity contribution is 5.88. The standard InChI is InChI=1S/C22H24F2N2O2/c1-15-6-7-19(24)20(12-15)26(13-17-4-2-3-5-18(17)23)22(27)28-21-14-25-10-8-16(21)9-11-25/h2-7,12,16,21H,8-11,13-14H2,1H3. The van der Waals surface area contributed by atoms with Crippen molar-refractivity contribution in [3.8, 4) is 0 Å². The lowest BCUT2D eigenvalue weighted by molar-refractivity contribution is -0.0311. The Labute approximate surface area is 163 Å². The Balaban J connectivity index is 1.61. The third-order valence-corrected chi connectivity index (χ3v) is 5.75. The highest BCUT2D eigenvalue weighted by atomic mass is 19.1. The zero-order valence-electron chi connectivity index (χ0n) is 15.9. The summed E-state index contributed by atoms with van der Waals surface area (Å²) < 4.78 is 34.6. The molecule has 3 fully saturated rings. The first-order valence-electron chi connectivity index (χ1n) is 9.71. The molecule has 3 aliphatic rings. The molecule has 0 aromatic heterocycles. The molecule has 28 heavy (non-hydrogen) atoms. The molecular formula is C22H24F2N2O2. The number of rotatable bonds is 4. The molecule has 1 atom stereocenters. The molecule has 1 amide bonds. The molecule has 5 rings (SSSR count). The van der Waals surface area contributed by atoms with Crippen LogP contribution in [0.15, 0.2) is 42.5 Å². The van der Waals surface area contributed by atoms with Crippen LogP contribution in [0.1, 0.15) is 24.0 Å². The van der Waals surface area contributed by atoms with Crippen molar-refractivity contribution < 1.29 is 18.3 Å². The Morgan fingerprint density at radius 1 is 1.14 bits per heavy atom. The van der Waals surface area contributed by atoms with E-state index in [0.717, 1.165) is 31.5 Å². The molecule has 0 radical (unpaired) electrons. The Morgan fingerprint density at radius 2 is 1.89 bits per heavy atom. The molecule has 0 spiro atoms. The average molecular weight is 386 g/mol. The van der Waals surface area contributed by atoms with Crippen molar-refractivity contribution in [2.75, 3.05) is 24.5 Å². The third-order valence-electron chi connectivity index (χ3n) is 5.75. The molecule has 0 N–H and O–H groups in total. The van der Waals surface area contributed by atoms with Crippen LogP contribution in [-0.2, 0) is 11.3 Å². The highest BCUT2D eigenvalue weighted by Gasteiger charge is 2.37. The summed E-state index contributed by atoms with van der Waals surface area (Å²) in [5, 5.41) is 0. The molecule has 0 saturated carbocycles. The highest BCUT2D eigenvalue weighted by Crippen LogP contribution is 2.31. The van der Waals surface area contributed by atoms with Gasteiger partial charge in [0.2, 0.25) is 0 Å². The molecule has 1 unspecified atom stereocenters. The van der Waals surface area contributed by atoms with Crippen molar-refractivity contribution >= 4 is 11.8 Å². The van der Waals surface area contributed by atoms with Crippen LogP contribution in [-0.4, -0.2) is 36.7 Å². The summed E-state index contributed by atoms with van der Waals surface area (Å²) in [5.41, 5.74) is 1.23. The van der Waals surface area contributed by atoms with Gasteiger partial charge in [-0.3, -0.25) is 9.80 Å². The number of benzene rings is 2. The van der Waals surface area contributed by atoms with E-state index in [1.54, 1.807) is 30.3 Å². The third kappa shape index (κ3) is 3.87. The summed E-state index contributed by atoms with van der Waals surface area (Å²) in [6.45, 7) is 4.50. The van der Waals surface area contributed by atoms with Gasteiger partial charge in [0.25, 0.3) is 0 Å². The van der Waals surface area contributed by atoms with Crippen LogP contribution in [0.4, 0.5) is 19.3 Å². The van der Waals surface area contributed by atoms with Crippen LogP contribution in [0, 0.1) is 24.5 Å². The Morgan fingerprint density at radius 3 is 2.57 bits per heavy atom. The number of halogens is 2. The Kier molecular flexibility index (Phi) is 5.31. The monoisotopic (exact) mass is 386 g/mol. The van der Waals surface area contributed by atoms with E-state index in [1.165, 1.54) is 17.0 Å². The van der Waals surface area contributed by atoms with Gasteiger partial charge in [-0.15, -0.1) is 0 Å². The maximum atomic E-state index is 14.6. The van der Waals surface area contributed by atoms with E-state index in [1.807, 2.05) is 6.92 Å². The van der Waals surface area contributed by atoms with Crippen molar-refractivity contribution in [2.45, 2.75) is 32.4 Å². The molecule has 148 valence electrons. The van der Waals surface area contributed by atoms with Gasteiger partial charge in [-0.2, -0.15) is 0 Å². The van der Waals surface area contributed by atoms with E-state index in [0.29, 0.717) is 18.0 Å². The number of amides is 1. The fourth-order valence-corrected chi connectivity index (χ4v) is 4.11. The van der Waals surface area contributed by atoms with Crippen LogP contribution in [0.3, 0.4) is 0 Å². The molecule has 2 aromatic rings. The Bertz CT molecular complexity index is 865. The van der Waals surface area contributed by atoms with Crippen molar-refractivity contribution in [3.63, 3.8) is 0 Å². The zero-order chi connectivity index (χ0) is 19.7. The number of anilines is 1. The van der Waals surface area contributed by atoms with E-state index in [9.17, 15) is 13.6 Å². The van der Waals surface area contributed by atoms with E-state index in [2.05, 4.69) is 4.90 Å². The summed E-state index contributed by atoms with van der Waals surface area (Å²) in [7, 11) is 0. The van der Waals surface area contributed by atoms with Crippen molar-refractivity contribution in [1.82, 2.24) is 4.90 Å². The van der Waals surface area contributed by atoms with Gasteiger partial charge in [0.05, 0.1) is 12.2 Å². The quantitative estimate of drug-likeness (QED) is 0.775. The van der Waals surface area contributed by atoms with Gasteiger partial charge in [-0.05, 0) is 62.5 Å². The van der Waals surface area contributed by atoms with Crippen molar-refractivity contribution in [1.29, 1.82) is 0 Å². The van der Waals surface area contributed by atoms with Crippen LogP contribution in [0.2, 0.25) is 0 Å². The van der Waals surface area contributed by atoms with Gasteiger partial charge in [0.15, 0.2) is 0 Å². The van der Waals surface area contributed by atoms with Gasteiger partial charge in [0.1, 0.15) is 17.7 Å². The number of carbonyl (C=O) groups is 1.